The number of hydrogen-bond acceptors (Lipinski definition) is 4. The SMILES string of the molecule is C[C@@H](O)CN1CCN(CC(=O)N2CCCCCC2)CC1. The first-order valence-electron chi connectivity index (χ1n) is 8.05. The molecule has 0 saturated carbocycles. The second-order valence-corrected chi connectivity index (χ2v) is 6.22. The van der Waals surface area contributed by atoms with Crippen LogP contribution in [0.1, 0.15) is 32.6 Å². The molecule has 5 nitrogen and oxygen atoms in total. The van der Waals surface area contributed by atoms with Gasteiger partial charge in [0, 0.05) is 45.8 Å². The summed E-state index contributed by atoms with van der Waals surface area (Å²) in [6.45, 7) is 8.82. The Labute approximate surface area is 122 Å². The van der Waals surface area contributed by atoms with E-state index >= 15 is 0 Å². The predicted octanol–water partition coefficient (Wildman–Crippen LogP) is 0.387. The van der Waals surface area contributed by atoms with E-state index in [0.717, 1.165) is 58.7 Å². The molecule has 0 aromatic heterocycles. The highest BCUT2D eigenvalue weighted by Crippen LogP contribution is 2.11. The molecule has 2 rings (SSSR count). The largest absolute Gasteiger partial charge is 0.392 e. The van der Waals surface area contributed by atoms with Crippen LogP contribution in [0.25, 0.3) is 0 Å². The van der Waals surface area contributed by atoms with Crippen molar-refractivity contribution >= 4 is 5.91 Å². The van der Waals surface area contributed by atoms with Crippen molar-refractivity contribution in [2.45, 2.75) is 38.7 Å². The van der Waals surface area contributed by atoms with Crippen LogP contribution in [0.4, 0.5) is 0 Å². The van der Waals surface area contributed by atoms with Gasteiger partial charge in [0.05, 0.1) is 12.6 Å². The van der Waals surface area contributed by atoms with Gasteiger partial charge in [-0.25, -0.2) is 0 Å². The number of aliphatic hydroxyl groups is 1. The van der Waals surface area contributed by atoms with Crippen LogP contribution >= 0.6 is 0 Å². The number of β-amino-alcohol motifs (C(OH)–C–C–N with tert-alkyl or cyclic N) is 1. The standard InChI is InChI=1S/C15H29N3O2/c1-14(19)12-16-8-10-17(11-9-16)13-15(20)18-6-4-2-3-5-7-18/h14,19H,2-13H2,1H3/t14-/m1/s1. The van der Waals surface area contributed by atoms with Crippen molar-refractivity contribution < 1.29 is 9.90 Å². The molecule has 2 fully saturated rings. The van der Waals surface area contributed by atoms with E-state index in [4.69, 9.17) is 0 Å². The van der Waals surface area contributed by atoms with Gasteiger partial charge in [-0.3, -0.25) is 14.6 Å². The highest BCUT2D eigenvalue weighted by atomic mass is 16.3. The second kappa shape index (κ2) is 7.96. The Bertz CT molecular complexity index is 293. The third kappa shape index (κ3) is 5.04. The third-order valence-corrected chi connectivity index (χ3v) is 4.30. The first-order valence-corrected chi connectivity index (χ1v) is 8.05. The summed E-state index contributed by atoms with van der Waals surface area (Å²) < 4.78 is 0. The molecule has 1 amide bonds. The fourth-order valence-electron chi connectivity index (χ4n) is 3.12. The van der Waals surface area contributed by atoms with E-state index in [9.17, 15) is 9.90 Å². The summed E-state index contributed by atoms with van der Waals surface area (Å²) in [5.74, 6) is 0.302. The lowest BCUT2D eigenvalue weighted by Gasteiger charge is -2.35. The normalized spacial score (nSPS) is 24.4. The van der Waals surface area contributed by atoms with Crippen LogP contribution < -0.4 is 0 Å². The van der Waals surface area contributed by atoms with E-state index in [1.54, 1.807) is 0 Å². The van der Waals surface area contributed by atoms with Crippen molar-refractivity contribution in [2.75, 3.05) is 52.4 Å². The Morgan fingerprint density at radius 3 is 2.05 bits per heavy atom. The van der Waals surface area contributed by atoms with Crippen molar-refractivity contribution in [3.63, 3.8) is 0 Å². The lowest BCUT2D eigenvalue weighted by Crippen LogP contribution is -2.51. The maximum absolute atomic E-state index is 12.3. The average Bonchev–Trinajstić information content (AvgIpc) is 2.69. The minimum atomic E-state index is -0.264. The molecule has 0 radical (unpaired) electrons. The summed E-state index contributed by atoms with van der Waals surface area (Å²) in [6, 6.07) is 0. The van der Waals surface area contributed by atoms with Gasteiger partial charge in [0.1, 0.15) is 0 Å². The molecule has 5 heteroatoms. The maximum Gasteiger partial charge on any atom is 0.236 e. The molecule has 0 aliphatic carbocycles. The molecule has 2 heterocycles. The van der Waals surface area contributed by atoms with Gasteiger partial charge in [0.25, 0.3) is 0 Å². The number of aliphatic hydroxyl groups excluding tert-OH is 1. The summed E-state index contributed by atoms with van der Waals surface area (Å²) in [7, 11) is 0. The number of piperazine rings is 1. The fraction of sp³-hybridized carbons (Fsp3) is 0.933. The van der Waals surface area contributed by atoms with Crippen molar-refractivity contribution in [3.8, 4) is 0 Å². The molecule has 20 heavy (non-hydrogen) atoms. The van der Waals surface area contributed by atoms with Crippen molar-refractivity contribution in [3.05, 3.63) is 0 Å². The minimum Gasteiger partial charge on any atom is -0.392 e. The fourth-order valence-corrected chi connectivity index (χ4v) is 3.12. The quantitative estimate of drug-likeness (QED) is 0.811. The van der Waals surface area contributed by atoms with Gasteiger partial charge >= 0.3 is 0 Å². The van der Waals surface area contributed by atoms with E-state index in [1.807, 2.05) is 6.92 Å². The molecule has 0 unspecified atom stereocenters. The molecule has 2 aliphatic heterocycles. The van der Waals surface area contributed by atoms with E-state index in [2.05, 4.69) is 14.7 Å². The summed E-state index contributed by atoms with van der Waals surface area (Å²) in [6.07, 6.45) is 4.59. The lowest BCUT2D eigenvalue weighted by atomic mass is 10.2. The molecular weight excluding hydrogens is 254 g/mol. The number of carbonyl (C=O) groups excluding carboxylic acids is 1. The number of rotatable bonds is 4. The number of hydrogen-bond donors (Lipinski definition) is 1. The van der Waals surface area contributed by atoms with Crippen LogP contribution in [0.3, 0.4) is 0 Å². The van der Waals surface area contributed by atoms with E-state index in [-0.39, 0.29) is 6.10 Å². The Morgan fingerprint density at radius 2 is 1.50 bits per heavy atom. The molecule has 0 aromatic carbocycles. The van der Waals surface area contributed by atoms with Crippen molar-refractivity contribution in [1.29, 1.82) is 0 Å². The highest BCUT2D eigenvalue weighted by Gasteiger charge is 2.22. The van der Waals surface area contributed by atoms with Crippen LogP contribution in [-0.4, -0.2) is 84.2 Å². The zero-order chi connectivity index (χ0) is 14.4. The smallest absolute Gasteiger partial charge is 0.236 e. The van der Waals surface area contributed by atoms with Crippen LogP contribution in [-0.2, 0) is 4.79 Å². The summed E-state index contributed by atoms with van der Waals surface area (Å²) in [5, 5.41) is 9.40. The molecule has 116 valence electrons. The van der Waals surface area contributed by atoms with Crippen molar-refractivity contribution in [2.24, 2.45) is 0 Å². The molecule has 1 atom stereocenters. The molecule has 2 saturated heterocycles. The Balaban J connectivity index is 1.70. The number of nitrogens with zero attached hydrogens (tertiary/aromatic N) is 3. The molecule has 1 N–H and O–H groups in total. The second-order valence-electron chi connectivity index (χ2n) is 6.22. The number of amides is 1. The van der Waals surface area contributed by atoms with Gasteiger partial charge in [-0.1, -0.05) is 12.8 Å². The molecule has 2 aliphatic rings. The maximum atomic E-state index is 12.3. The van der Waals surface area contributed by atoms with E-state index in [0.29, 0.717) is 12.5 Å². The van der Waals surface area contributed by atoms with Gasteiger partial charge < -0.3 is 10.0 Å². The van der Waals surface area contributed by atoms with Gasteiger partial charge in [0.2, 0.25) is 5.91 Å². The van der Waals surface area contributed by atoms with Crippen LogP contribution in [0, 0.1) is 0 Å². The molecule has 0 spiro atoms. The van der Waals surface area contributed by atoms with E-state index < -0.39 is 0 Å². The summed E-state index contributed by atoms with van der Waals surface area (Å²) in [5.41, 5.74) is 0. The molecular formula is C15H29N3O2. The molecule has 0 bridgehead atoms. The van der Waals surface area contributed by atoms with Crippen LogP contribution in [0.15, 0.2) is 0 Å². The summed E-state index contributed by atoms with van der Waals surface area (Å²) >= 11 is 0. The zero-order valence-corrected chi connectivity index (χ0v) is 12.8. The monoisotopic (exact) mass is 283 g/mol. The van der Waals surface area contributed by atoms with Gasteiger partial charge in [-0.15, -0.1) is 0 Å². The predicted molar refractivity (Wildman–Crippen MR) is 79.6 cm³/mol. The zero-order valence-electron chi connectivity index (χ0n) is 12.8. The highest BCUT2D eigenvalue weighted by molar-refractivity contribution is 5.78. The first-order chi connectivity index (χ1) is 9.65. The topological polar surface area (TPSA) is 47.0 Å². The van der Waals surface area contributed by atoms with E-state index in [1.165, 1.54) is 12.8 Å². The number of likely N-dealkylation sites (tertiary alicyclic amines) is 1. The van der Waals surface area contributed by atoms with Gasteiger partial charge in [-0.2, -0.15) is 0 Å². The van der Waals surface area contributed by atoms with Gasteiger partial charge in [0.15, 0.2) is 0 Å². The Hall–Kier alpha value is -0.650. The lowest BCUT2D eigenvalue weighted by molar-refractivity contribution is -0.132. The average molecular weight is 283 g/mol. The van der Waals surface area contributed by atoms with Crippen LogP contribution in [0.2, 0.25) is 0 Å². The minimum absolute atomic E-state index is 0.264. The summed E-state index contributed by atoms with van der Waals surface area (Å²) in [4.78, 5) is 18.9. The molecule has 0 aromatic rings. The van der Waals surface area contributed by atoms with Crippen LogP contribution in [0.5, 0.6) is 0 Å². The van der Waals surface area contributed by atoms with Crippen molar-refractivity contribution in [1.82, 2.24) is 14.7 Å². The first kappa shape index (κ1) is 15.7. The van der Waals surface area contributed by atoms with Gasteiger partial charge in [-0.05, 0) is 19.8 Å². The Kier molecular flexibility index (Phi) is 6.26. The Morgan fingerprint density at radius 1 is 0.950 bits per heavy atom. The number of carbonyl (C=O) groups is 1. The third-order valence-electron chi connectivity index (χ3n) is 4.30.